The lowest BCUT2D eigenvalue weighted by atomic mass is 9.82. The molecule has 0 unspecified atom stereocenters. The van der Waals surface area contributed by atoms with Crippen molar-refractivity contribution in [2.45, 2.75) is 37.5 Å². The minimum Gasteiger partial charge on any atom is -0.380 e. The molecule has 0 radical (unpaired) electrons. The molecular weight excluding hydrogens is 251 g/mol. The summed E-state index contributed by atoms with van der Waals surface area (Å²) in [6.07, 6.45) is -5.27. The van der Waals surface area contributed by atoms with E-state index in [0.29, 0.717) is 0 Å². The molecule has 4 nitrogen and oxygen atoms in total. The van der Waals surface area contributed by atoms with Gasteiger partial charge in [-0.1, -0.05) is 0 Å². The molecule has 0 spiro atoms. The molecule has 0 aromatic heterocycles. The van der Waals surface area contributed by atoms with E-state index >= 15 is 0 Å². The van der Waals surface area contributed by atoms with Crippen LogP contribution in [0.25, 0.3) is 0 Å². The topological polar surface area (TPSA) is 57.6 Å². The molecular formula is C11H14F3NO3. The Bertz CT molecular complexity index is 364. The Morgan fingerprint density at radius 1 is 1.28 bits per heavy atom. The average molecular weight is 265 g/mol. The van der Waals surface area contributed by atoms with E-state index in [2.05, 4.69) is 0 Å². The number of nitrogens with zero attached hydrogens (tertiary/aromatic N) is 1. The molecule has 0 bridgehead atoms. The Morgan fingerprint density at radius 2 is 1.78 bits per heavy atom. The highest BCUT2D eigenvalue weighted by atomic mass is 19.4. The third-order valence-corrected chi connectivity index (χ3v) is 3.73. The van der Waals surface area contributed by atoms with Crippen LogP contribution in [0, 0.1) is 5.92 Å². The van der Waals surface area contributed by atoms with Crippen LogP contribution < -0.4 is 0 Å². The van der Waals surface area contributed by atoms with Gasteiger partial charge in [-0.3, -0.25) is 9.59 Å². The number of piperidine rings is 1. The van der Waals surface area contributed by atoms with Crippen molar-refractivity contribution in [1.82, 2.24) is 4.90 Å². The van der Waals surface area contributed by atoms with Crippen LogP contribution in [0.1, 0.15) is 25.7 Å². The minimum absolute atomic E-state index is 0.0113. The summed E-state index contributed by atoms with van der Waals surface area (Å²) in [5.74, 6) is -0.620. The molecule has 1 saturated carbocycles. The second-order valence-electron chi connectivity index (χ2n) is 5.00. The first-order valence-corrected chi connectivity index (χ1v) is 5.82. The van der Waals surface area contributed by atoms with Crippen LogP contribution in [-0.4, -0.2) is 46.6 Å². The standard InChI is InChI=1S/C11H14F3NO3/c12-11(13,14)10(18)1-3-15(4-2-10)9(17)7-5-8(16)6-7/h7,18H,1-6H2. The molecule has 0 aromatic carbocycles. The van der Waals surface area contributed by atoms with Gasteiger partial charge in [0.25, 0.3) is 0 Å². The van der Waals surface area contributed by atoms with Crippen LogP contribution in [0.4, 0.5) is 13.2 Å². The van der Waals surface area contributed by atoms with Gasteiger partial charge in [0, 0.05) is 38.8 Å². The molecule has 1 aliphatic carbocycles. The Balaban J connectivity index is 1.91. The summed E-state index contributed by atoms with van der Waals surface area (Å²) in [5, 5.41) is 9.44. The van der Waals surface area contributed by atoms with Crippen molar-refractivity contribution in [3.63, 3.8) is 0 Å². The zero-order valence-corrected chi connectivity index (χ0v) is 9.66. The first-order chi connectivity index (χ1) is 8.23. The first kappa shape index (κ1) is 13.3. The SMILES string of the molecule is O=C1CC(C(=O)N2CCC(O)(C(F)(F)F)CC2)C1. The van der Waals surface area contributed by atoms with Crippen LogP contribution in [0.5, 0.6) is 0 Å². The molecule has 102 valence electrons. The third-order valence-electron chi connectivity index (χ3n) is 3.73. The molecule has 1 aliphatic heterocycles. The largest absolute Gasteiger partial charge is 0.417 e. The van der Waals surface area contributed by atoms with E-state index in [-0.39, 0.29) is 43.5 Å². The van der Waals surface area contributed by atoms with E-state index in [1.807, 2.05) is 0 Å². The first-order valence-electron chi connectivity index (χ1n) is 5.82. The Morgan fingerprint density at radius 3 is 2.17 bits per heavy atom. The molecule has 1 N–H and O–H groups in total. The fourth-order valence-corrected chi connectivity index (χ4v) is 2.30. The number of hydrogen-bond acceptors (Lipinski definition) is 3. The lowest BCUT2D eigenvalue weighted by Crippen LogP contribution is -2.55. The van der Waals surface area contributed by atoms with Crippen LogP contribution in [-0.2, 0) is 9.59 Å². The smallest absolute Gasteiger partial charge is 0.380 e. The summed E-state index contributed by atoms with van der Waals surface area (Å²) in [6.45, 7) is -0.223. The van der Waals surface area contributed by atoms with E-state index in [4.69, 9.17) is 0 Å². The van der Waals surface area contributed by atoms with Gasteiger partial charge < -0.3 is 10.0 Å². The molecule has 2 fully saturated rings. The Kier molecular flexibility index (Phi) is 3.12. The van der Waals surface area contributed by atoms with Crippen molar-refractivity contribution < 1.29 is 27.9 Å². The van der Waals surface area contributed by atoms with Crippen molar-refractivity contribution in [2.75, 3.05) is 13.1 Å². The van der Waals surface area contributed by atoms with E-state index in [1.54, 1.807) is 0 Å². The Hall–Kier alpha value is -1.11. The number of hydrogen-bond donors (Lipinski definition) is 1. The summed E-state index contributed by atoms with van der Waals surface area (Å²) in [5.41, 5.74) is -2.68. The molecule has 0 atom stereocenters. The summed E-state index contributed by atoms with van der Waals surface area (Å²) >= 11 is 0. The number of aliphatic hydroxyl groups is 1. The number of likely N-dealkylation sites (tertiary alicyclic amines) is 1. The second-order valence-corrected chi connectivity index (χ2v) is 5.00. The molecule has 0 aromatic rings. The zero-order valence-electron chi connectivity index (χ0n) is 9.66. The predicted molar refractivity (Wildman–Crippen MR) is 54.5 cm³/mol. The maximum Gasteiger partial charge on any atom is 0.417 e. The van der Waals surface area contributed by atoms with Crippen molar-refractivity contribution in [3.8, 4) is 0 Å². The normalized spacial score (nSPS) is 24.9. The van der Waals surface area contributed by atoms with Crippen molar-refractivity contribution in [3.05, 3.63) is 0 Å². The average Bonchev–Trinajstić information content (AvgIpc) is 2.23. The maximum atomic E-state index is 12.5. The van der Waals surface area contributed by atoms with Gasteiger partial charge in [0.2, 0.25) is 5.91 Å². The van der Waals surface area contributed by atoms with Gasteiger partial charge in [-0.15, -0.1) is 0 Å². The van der Waals surface area contributed by atoms with Crippen LogP contribution in [0.15, 0.2) is 0 Å². The molecule has 2 aliphatic rings. The van der Waals surface area contributed by atoms with Gasteiger partial charge >= 0.3 is 6.18 Å². The fourth-order valence-electron chi connectivity index (χ4n) is 2.30. The molecule has 1 heterocycles. The van der Waals surface area contributed by atoms with Gasteiger partial charge in [-0.2, -0.15) is 13.2 Å². The lowest BCUT2D eigenvalue weighted by Gasteiger charge is -2.40. The zero-order chi connectivity index (χ0) is 13.6. The van der Waals surface area contributed by atoms with Gasteiger partial charge in [-0.05, 0) is 0 Å². The van der Waals surface area contributed by atoms with Crippen molar-refractivity contribution in [1.29, 1.82) is 0 Å². The highest BCUT2D eigenvalue weighted by Gasteiger charge is 2.55. The molecule has 7 heteroatoms. The van der Waals surface area contributed by atoms with Crippen LogP contribution in [0.2, 0.25) is 0 Å². The number of ketones is 1. The number of Topliss-reactive ketones (excluding diaryl/α,β-unsaturated/α-hetero) is 1. The number of amides is 1. The summed E-state index contributed by atoms with van der Waals surface area (Å²) in [6, 6.07) is 0. The van der Waals surface area contributed by atoms with Gasteiger partial charge in [0.15, 0.2) is 5.60 Å². The number of carbonyl (C=O) groups is 2. The second kappa shape index (κ2) is 4.22. The fraction of sp³-hybridized carbons (Fsp3) is 0.818. The highest BCUT2D eigenvalue weighted by Crippen LogP contribution is 2.39. The minimum atomic E-state index is -4.66. The lowest BCUT2D eigenvalue weighted by molar-refractivity contribution is -0.272. The monoisotopic (exact) mass is 265 g/mol. The van der Waals surface area contributed by atoms with Crippen LogP contribution in [0.3, 0.4) is 0 Å². The van der Waals surface area contributed by atoms with Crippen molar-refractivity contribution >= 4 is 11.7 Å². The van der Waals surface area contributed by atoms with Gasteiger partial charge in [-0.25, -0.2) is 0 Å². The maximum absolute atomic E-state index is 12.5. The number of alkyl halides is 3. The molecule has 1 saturated heterocycles. The van der Waals surface area contributed by atoms with E-state index < -0.39 is 24.6 Å². The summed E-state index contributed by atoms with van der Waals surface area (Å²) in [4.78, 5) is 23.9. The number of carbonyl (C=O) groups excluding carboxylic acids is 2. The summed E-state index contributed by atoms with van der Waals surface area (Å²) in [7, 11) is 0. The van der Waals surface area contributed by atoms with E-state index in [0.717, 1.165) is 0 Å². The van der Waals surface area contributed by atoms with E-state index in [1.165, 1.54) is 4.90 Å². The predicted octanol–water partition coefficient (Wildman–Crippen LogP) is 0.881. The number of halogens is 3. The van der Waals surface area contributed by atoms with E-state index in [9.17, 15) is 27.9 Å². The molecule has 18 heavy (non-hydrogen) atoms. The van der Waals surface area contributed by atoms with Gasteiger partial charge in [0.05, 0.1) is 5.92 Å². The molecule has 1 amide bonds. The van der Waals surface area contributed by atoms with Crippen LogP contribution >= 0.6 is 0 Å². The molecule has 2 rings (SSSR count). The highest BCUT2D eigenvalue weighted by molar-refractivity contribution is 5.96. The third kappa shape index (κ3) is 2.23. The Labute approximate surface area is 102 Å². The quantitative estimate of drug-likeness (QED) is 0.765. The van der Waals surface area contributed by atoms with Gasteiger partial charge in [0.1, 0.15) is 5.78 Å². The number of rotatable bonds is 1. The van der Waals surface area contributed by atoms with Crippen molar-refractivity contribution in [2.24, 2.45) is 5.92 Å². The summed E-state index contributed by atoms with van der Waals surface area (Å²) < 4.78 is 37.6.